The lowest BCUT2D eigenvalue weighted by Crippen LogP contribution is -2.03. The van der Waals surface area contributed by atoms with Gasteiger partial charge in [0.25, 0.3) is 0 Å². The molecule has 1 aromatic heterocycles. The number of hydrogen-bond donors (Lipinski definition) is 1. The Morgan fingerprint density at radius 2 is 1.90 bits per heavy atom. The zero-order valence-electron chi connectivity index (χ0n) is 10.8. The van der Waals surface area contributed by atoms with Gasteiger partial charge < -0.3 is 9.62 Å². The van der Waals surface area contributed by atoms with Gasteiger partial charge in [0.05, 0.1) is 0 Å². The van der Waals surface area contributed by atoms with Gasteiger partial charge in [0, 0.05) is 21.5 Å². The van der Waals surface area contributed by atoms with Crippen LogP contribution in [0.15, 0.2) is 58.1 Å². The van der Waals surface area contributed by atoms with Crippen LogP contribution < -0.4 is 0 Å². The highest BCUT2D eigenvalue weighted by Gasteiger charge is 2.18. The van der Waals surface area contributed by atoms with Crippen LogP contribution in [0.2, 0.25) is 5.02 Å². The first-order chi connectivity index (χ1) is 9.70. The first kappa shape index (κ1) is 12.8. The van der Waals surface area contributed by atoms with E-state index in [0.717, 1.165) is 22.1 Å². The van der Waals surface area contributed by atoms with Crippen molar-refractivity contribution in [3.8, 4) is 0 Å². The number of benzene rings is 2. The second kappa shape index (κ2) is 5.02. The van der Waals surface area contributed by atoms with Crippen molar-refractivity contribution in [1.82, 2.24) is 0 Å². The van der Waals surface area contributed by atoms with Crippen molar-refractivity contribution in [1.29, 1.82) is 0 Å². The Labute approximate surface area is 121 Å². The highest BCUT2D eigenvalue weighted by atomic mass is 35.5. The molecule has 20 heavy (non-hydrogen) atoms. The van der Waals surface area contributed by atoms with Crippen molar-refractivity contribution in [2.24, 2.45) is 5.16 Å². The smallest absolute Gasteiger partial charge is 0.160 e. The number of oxime groups is 1. The first-order valence-corrected chi connectivity index (χ1v) is 6.55. The van der Waals surface area contributed by atoms with E-state index in [1.807, 2.05) is 49.4 Å². The SMILES string of the molecule is Cc1c(/C(=N/O)c2ccccc2)oc2ccc(Cl)cc12. The number of fused-ring (bicyclic) bond motifs is 1. The molecule has 100 valence electrons. The summed E-state index contributed by atoms with van der Waals surface area (Å²) in [4.78, 5) is 0. The highest BCUT2D eigenvalue weighted by Crippen LogP contribution is 2.29. The number of nitrogens with zero attached hydrogens (tertiary/aromatic N) is 1. The topological polar surface area (TPSA) is 45.7 Å². The van der Waals surface area contributed by atoms with Gasteiger partial charge >= 0.3 is 0 Å². The average molecular weight is 286 g/mol. The Balaban J connectivity index is 2.21. The minimum absolute atomic E-state index is 0.412. The Kier molecular flexibility index (Phi) is 3.20. The molecule has 0 unspecified atom stereocenters. The minimum Gasteiger partial charge on any atom is -0.454 e. The molecule has 1 heterocycles. The van der Waals surface area contributed by atoms with Gasteiger partial charge in [0.2, 0.25) is 0 Å². The van der Waals surface area contributed by atoms with Crippen LogP contribution in [0.1, 0.15) is 16.9 Å². The molecule has 1 N–H and O–H groups in total. The molecule has 0 fully saturated rings. The lowest BCUT2D eigenvalue weighted by atomic mass is 10.0. The van der Waals surface area contributed by atoms with E-state index in [0.29, 0.717) is 16.5 Å². The summed E-state index contributed by atoms with van der Waals surface area (Å²) >= 11 is 6.01. The standard InChI is InChI=1S/C16H12ClNO2/c1-10-13-9-12(17)7-8-14(13)20-16(10)15(18-19)11-5-3-2-4-6-11/h2-9,19H,1H3/b18-15+. The zero-order valence-corrected chi connectivity index (χ0v) is 11.6. The molecule has 0 bridgehead atoms. The monoisotopic (exact) mass is 285 g/mol. The van der Waals surface area contributed by atoms with E-state index >= 15 is 0 Å². The van der Waals surface area contributed by atoms with Crippen LogP contribution in [0, 0.1) is 6.92 Å². The summed E-state index contributed by atoms with van der Waals surface area (Å²) in [5.74, 6) is 0.552. The van der Waals surface area contributed by atoms with Gasteiger partial charge in [-0.25, -0.2) is 0 Å². The Hall–Kier alpha value is -2.26. The van der Waals surface area contributed by atoms with E-state index in [1.165, 1.54) is 0 Å². The van der Waals surface area contributed by atoms with Crippen LogP contribution in [0.5, 0.6) is 0 Å². The number of rotatable bonds is 2. The second-order valence-corrected chi connectivity index (χ2v) is 4.95. The van der Waals surface area contributed by atoms with Gasteiger partial charge in [-0.1, -0.05) is 47.1 Å². The summed E-state index contributed by atoms with van der Waals surface area (Å²) in [6.07, 6.45) is 0. The third-order valence-corrected chi connectivity index (χ3v) is 3.50. The van der Waals surface area contributed by atoms with Crippen LogP contribution in [0.3, 0.4) is 0 Å². The van der Waals surface area contributed by atoms with E-state index in [-0.39, 0.29) is 0 Å². The molecule has 0 saturated heterocycles. The van der Waals surface area contributed by atoms with Crippen LogP contribution in [0.25, 0.3) is 11.0 Å². The molecule has 0 aliphatic carbocycles. The van der Waals surface area contributed by atoms with Gasteiger partial charge in [0.1, 0.15) is 5.58 Å². The molecule has 3 aromatic rings. The predicted octanol–water partition coefficient (Wildman–Crippen LogP) is 4.62. The van der Waals surface area contributed by atoms with Crippen molar-refractivity contribution in [3.05, 3.63) is 70.4 Å². The molecule has 2 aromatic carbocycles. The highest BCUT2D eigenvalue weighted by molar-refractivity contribution is 6.31. The Morgan fingerprint density at radius 3 is 2.60 bits per heavy atom. The largest absolute Gasteiger partial charge is 0.454 e. The summed E-state index contributed by atoms with van der Waals surface area (Å²) in [7, 11) is 0. The van der Waals surface area contributed by atoms with Crippen LogP contribution in [-0.2, 0) is 0 Å². The lowest BCUT2D eigenvalue weighted by molar-refractivity contribution is 0.318. The number of hydrogen-bond acceptors (Lipinski definition) is 3. The molecule has 0 spiro atoms. The maximum Gasteiger partial charge on any atom is 0.160 e. The quantitative estimate of drug-likeness (QED) is 0.424. The summed E-state index contributed by atoms with van der Waals surface area (Å²) in [5.41, 5.74) is 2.83. The minimum atomic E-state index is 0.412. The number of furan rings is 1. The van der Waals surface area contributed by atoms with Crippen LogP contribution in [0.4, 0.5) is 0 Å². The van der Waals surface area contributed by atoms with Crippen molar-refractivity contribution in [2.75, 3.05) is 0 Å². The van der Waals surface area contributed by atoms with Gasteiger partial charge in [-0.2, -0.15) is 0 Å². The summed E-state index contributed by atoms with van der Waals surface area (Å²) in [6.45, 7) is 1.92. The fourth-order valence-electron chi connectivity index (χ4n) is 2.25. The molecule has 0 atom stereocenters. The first-order valence-electron chi connectivity index (χ1n) is 6.17. The van der Waals surface area contributed by atoms with Gasteiger partial charge in [-0.05, 0) is 25.1 Å². The van der Waals surface area contributed by atoms with Crippen molar-refractivity contribution >= 4 is 28.3 Å². The van der Waals surface area contributed by atoms with Crippen LogP contribution in [-0.4, -0.2) is 10.9 Å². The maximum atomic E-state index is 9.34. The Bertz CT molecular complexity index is 791. The van der Waals surface area contributed by atoms with E-state index in [4.69, 9.17) is 16.0 Å². The lowest BCUT2D eigenvalue weighted by Gasteiger charge is -2.02. The average Bonchev–Trinajstić information content (AvgIpc) is 2.78. The molecule has 0 radical (unpaired) electrons. The summed E-state index contributed by atoms with van der Waals surface area (Å²) in [5, 5.41) is 14.3. The summed E-state index contributed by atoms with van der Waals surface area (Å²) in [6, 6.07) is 14.8. The van der Waals surface area contributed by atoms with Crippen LogP contribution >= 0.6 is 11.6 Å². The van der Waals surface area contributed by atoms with E-state index in [9.17, 15) is 5.21 Å². The molecular formula is C16H12ClNO2. The second-order valence-electron chi connectivity index (χ2n) is 4.51. The molecule has 0 aliphatic rings. The fraction of sp³-hybridized carbons (Fsp3) is 0.0625. The number of halogens is 1. The van der Waals surface area contributed by atoms with E-state index in [1.54, 1.807) is 6.07 Å². The Morgan fingerprint density at radius 1 is 1.15 bits per heavy atom. The molecule has 4 heteroatoms. The van der Waals surface area contributed by atoms with Crippen molar-refractivity contribution < 1.29 is 9.62 Å². The normalized spacial score (nSPS) is 12.0. The third kappa shape index (κ3) is 2.06. The van der Waals surface area contributed by atoms with Crippen molar-refractivity contribution in [2.45, 2.75) is 6.92 Å². The predicted molar refractivity (Wildman–Crippen MR) is 79.8 cm³/mol. The molecule has 0 amide bonds. The van der Waals surface area contributed by atoms with Gasteiger partial charge in [-0.15, -0.1) is 0 Å². The number of aryl methyl sites for hydroxylation is 1. The molecule has 3 nitrogen and oxygen atoms in total. The molecule has 0 aliphatic heterocycles. The molecule has 0 saturated carbocycles. The zero-order chi connectivity index (χ0) is 14.1. The molecular weight excluding hydrogens is 274 g/mol. The summed E-state index contributed by atoms with van der Waals surface area (Å²) < 4.78 is 5.81. The molecule has 3 rings (SSSR count). The maximum absolute atomic E-state index is 9.34. The van der Waals surface area contributed by atoms with Gasteiger partial charge in [-0.3, -0.25) is 0 Å². The third-order valence-electron chi connectivity index (χ3n) is 3.26. The van der Waals surface area contributed by atoms with E-state index in [2.05, 4.69) is 5.16 Å². The van der Waals surface area contributed by atoms with Gasteiger partial charge in [0.15, 0.2) is 11.5 Å². The fourth-order valence-corrected chi connectivity index (χ4v) is 2.42. The van der Waals surface area contributed by atoms with E-state index < -0.39 is 0 Å². The van der Waals surface area contributed by atoms with Crippen molar-refractivity contribution in [3.63, 3.8) is 0 Å².